The molecule has 178 valence electrons. The Labute approximate surface area is 201 Å². The molecule has 10 nitrogen and oxygen atoms in total. The summed E-state index contributed by atoms with van der Waals surface area (Å²) in [5, 5.41) is 13.7. The van der Waals surface area contributed by atoms with Crippen molar-refractivity contribution in [1.29, 1.82) is 0 Å². The molecule has 1 unspecified atom stereocenters. The fourth-order valence-corrected chi connectivity index (χ4v) is 4.75. The molecule has 3 N–H and O–H groups in total. The predicted octanol–water partition coefficient (Wildman–Crippen LogP) is 4.31. The highest BCUT2D eigenvalue weighted by Gasteiger charge is 2.32. The lowest BCUT2D eigenvalue weighted by Crippen LogP contribution is -2.30. The van der Waals surface area contributed by atoms with Crippen LogP contribution in [0, 0.1) is 0 Å². The number of nitrogens with zero attached hydrogens (tertiary/aromatic N) is 4. The highest BCUT2D eigenvalue weighted by molar-refractivity contribution is 5.90. The summed E-state index contributed by atoms with van der Waals surface area (Å²) in [6, 6.07) is 13.4. The number of rotatable bonds is 5. The molecular weight excluding hydrogens is 446 g/mol. The van der Waals surface area contributed by atoms with Crippen molar-refractivity contribution in [2.75, 3.05) is 23.3 Å². The predicted molar refractivity (Wildman–Crippen MR) is 131 cm³/mol. The van der Waals surface area contributed by atoms with Crippen LogP contribution in [0.4, 0.5) is 22.0 Å². The molecular formula is C25H25N7O3. The second-order valence-corrected chi connectivity index (χ2v) is 9.13. The molecule has 4 heterocycles. The van der Waals surface area contributed by atoms with Crippen LogP contribution in [0.5, 0.6) is 11.5 Å². The Bertz CT molecular complexity index is 1420. The summed E-state index contributed by atoms with van der Waals surface area (Å²) in [5.41, 5.74) is 3.71. The van der Waals surface area contributed by atoms with Crippen LogP contribution in [-0.2, 0) is 0 Å². The molecule has 10 heteroatoms. The third-order valence-electron chi connectivity index (χ3n) is 6.24. The molecule has 0 saturated carbocycles. The van der Waals surface area contributed by atoms with E-state index in [1.54, 1.807) is 30.7 Å². The van der Waals surface area contributed by atoms with Crippen molar-refractivity contribution in [3.8, 4) is 11.5 Å². The molecule has 2 aromatic heterocycles. The number of nitrogens with one attached hydrogen (secondary N) is 3. The monoisotopic (exact) mass is 471 g/mol. The third kappa shape index (κ3) is 3.96. The molecule has 0 bridgehead atoms. The number of carbonyl (C=O) groups excluding carboxylic acids is 1. The lowest BCUT2D eigenvalue weighted by atomic mass is 9.98. The lowest BCUT2D eigenvalue weighted by molar-refractivity contribution is -0.0431. The van der Waals surface area contributed by atoms with Crippen LogP contribution >= 0.6 is 0 Å². The van der Waals surface area contributed by atoms with Gasteiger partial charge in [0.25, 0.3) is 0 Å². The SMILES string of the molecule is CC1(C)Oc2ccc(NC(=O)NCCC3CN(c4ncnc5[nH]ncc45)c4ccccc43)cc2O1. The molecule has 0 aliphatic carbocycles. The van der Waals surface area contributed by atoms with Gasteiger partial charge >= 0.3 is 6.03 Å². The Morgan fingerprint density at radius 2 is 2.03 bits per heavy atom. The number of carbonyl (C=O) groups is 1. The van der Waals surface area contributed by atoms with Gasteiger partial charge in [0.2, 0.25) is 5.79 Å². The average molecular weight is 472 g/mol. The van der Waals surface area contributed by atoms with Crippen molar-refractivity contribution >= 4 is 34.3 Å². The largest absolute Gasteiger partial charge is 0.449 e. The molecule has 2 amide bonds. The minimum absolute atomic E-state index is 0.246. The fraction of sp³-hybridized carbons (Fsp3) is 0.280. The second-order valence-electron chi connectivity index (χ2n) is 9.13. The lowest BCUT2D eigenvalue weighted by Gasteiger charge is -2.19. The summed E-state index contributed by atoms with van der Waals surface area (Å²) >= 11 is 0. The smallest absolute Gasteiger partial charge is 0.319 e. The quantitative estimate of drug-likeness (QED) is 0.397. The number of aromatic amines is 1. The summed E-state index contributed by atoms with van der Waals surface area (Å²) < 4.78 is 11.4. The van der Waals surface area contributed by atoms with E-state index in [1.807, 2.05) is 26.0 Å². The minimum atomic E-state index is -0.705. The number of aromatic nitrogens is 4. The maximum absolute atomic E-state index is 12.5. The van der Waals surface area contributed by atoms with Gasteiger partial charge in [0, 0.05) is 50.3 Å². The van der Waals surface area contributed by atoms with Crippen molar-refractivity contribution in [2.24, 2.45) is 0 Å². The zero-order valence-electron chi connectivity index (χ0n) is 19.4. The molecule has 0 spiro atoms. The number of para-hydroxylation sites is 1. The van der Waals surface area contributed by atoms with Gasteiger partial charge in [-0.3, -0.25) is 5.10 Å². The summed E-state index contributed by atoms with van der Waals surface area (Å²) in [6.45, 7) is 4.98. The number of amides is 2. The van der Waals surface area contributed by atoms with E-state index in [0.717, 1.165) is 29.9 Å². The minimum Gasteiger partial charge on any atom is -0.449 e. The van der Waals surface area contributed by atoms with E-state index in [0.29, 0.717) is 29.4 Å². The van der Waals surface area contributed by atoms with Gasteiger partial charge in [0.1, 0.15) is 12.1 Å². The molecule has 4 aromatic rings. The molecule has 0 radical (unpaired) electrons. The first-order chi connectivity index (χ1) is 17.0. The van der Waals surface area contributed by atoms with Gasteiger partial charge in [-0.05, 0) is 30.2 Å². The highest BCUT2D eigenvalue weighted by Crippen LogP contribution is 2.43. The molecule has 2 aliphatic heterocycles. The van der Waals surface area contributed by atoms with E-state index in [-0.39, 0.29) is 11.9 Å². The van der Waals surface area contributed by atoms with Crippen molar-refractivity contribution in [1.82, 2.24) is 25.5 Å². The molecule has 2 aromatic carbocycles. The van der Waals surface area contributed by atoms with Crippen LogP contribution in [0.25, 0.3) is 11.0 Å². The van der Waals surface area contributed by atoms with Crippen LogP contribution in [0.15, 0.2) is 55.0 Å². The Morgan fingerprint density at radius 3 is 2.94 bits per heavy atom. The first kappa shape index (κ1) is 21.2. The Balaban J connectivity index is 1.10. The van der Waals surface area contributed by atoms with Crippen molar-refractivity contribution in [3.63, 3.8) is 0 Å². The number of hydrogen-bond acceptors (Lipinski definition) is 7. The third-order valence-corrected chi connectivity index (χ3v) is 6.24. The standard InChI is InChI=1S/C25H25N7O3/c1-25(2)34-20-8-7-16(11-21(20)35-25)30-24(33)26-10-9-15-13-32(19-6-4-3-5-17(15)19)23-18-12-29-31-22(18)27-14-28-23/h3-8,11-12,14-15H,9-10,13H2,1-2H3,(H2,26,30,33)(H,27,28,29,31). The highest BCUT2D eigenvalue weighted by atomic mass is 16.7. The van der Waals surface area contributed by atoms with Gasteiger partial charge in [-0.2, -0.15) is 5.10 Å². The molecule has 35 heavy (non-hydrogen) atoms. The topological polar surface area (TPSA) is 117 Å². The van der Waals surface area contributed by atoms with Gasteiger partial charge in [-0.15, -0.1) is 0 Å². The number of ether oxygens (including phenoxy) is 2. The average Bonchev–Trinajstić information content (AvgIpc) is 3.53. The van der Waals surface area contributed by atoms with E-state index in [4.69, 9.17) is 9.47 Å². The summed E-state index contributed by atoms with van der Waals surface area (Å²) in [7, 11) is 0. The number of benzene rings is 2. The number of H-pyrrole nitrogens is 1. The van der Waals surface area contributed by atoms with Crippen molar-refractivity contribution < 1.29 is 14.3 Å². The first-order valence-electron chi connectivity index (χ1n) is 11.5. The van der Waals surface area contributed by atoms with Crippen LogP contribution in [0.1, 0.15) is 31.7 Å². The van der Waals surface area contributed by atoms with E-state index in [1.165, 1.54) is 5.56 Å². The maximum Gasteiger partial charge on any atom is 0.319 e. The zero-order valence-corrected chi connectivity index (χ0v) is 19.4. The summed E-state index contributed by atoms with van der Waals surface area (Å²) in [6.07, 6.45) is 4.09. The Hall–Kier alpha value is -4.34. The Kier molecular flexibility index (Phi) is 4.94. The van der Waals surface area contributed by atoms with Crippen LogP contribution in [0.3, 0.4) is 0 Å². The van der Waals surface area contributed by atoms with Crippen LogP contribution in [0.2, 0.25) is 0 Å². The number of fused-ring (bicyclic) bond motifs is 3. The van der Waals surface area contributed by atoms with Crippen molar-refractivity contribution in [3.05, 3.63) is 60.6 Å². The molecule has 1 atom stereocenters. The normalized spacial score (nSPS) is 17.4. The molecule has 0 saturated heterocycles. The Morgan fingerprint density at radius 1 is 1.17 bits per heavy atom. The van der Waals surface area contributed by atoms with E-state index < -0.39 is 5.79 Å². The first-order valence-corrected chi connectivity index (χ1v) is 11.5. The number of hydrogen-bond donors (Lipinski definition) is 3. The van der Waals surface area contributed by atoms with Crippen molar-refractivity contribution in [2.45, 2.75) is 32.0 Å². The van der Waals surface area contributed by atoms with Gasteiger partial charge in [0.05, 0.1) is 11.6 Å². The van der Waals surface area contributed by atoms with Gasteiger partial charge < -0.3 is 25.0 Å². The van der Waals surface area contributed by atoms with E-state index in [9.17, 15) is 4.79 Å². The van der Waals surface area contributed by atoms with Crippen LogP contribution < -0.4 is 25.0 Å². The number of anilines is 3. The molecule has 2 aliphatic rings. The van der Waals surface area contributed by atoms with Crippen LogP contribution in [-0.4, -0.2) is 45.1 Å². The second kappa shape index (κ2) is 8.15. The van der Waals surface area contributed by atoms with Gasteiger partial charge in [-0.1, -0.05) is 18.2 Å². The zero-order chi connectivity index (χ0) is 24.0. The molecule has 0 fully saturated rings. The maximum atomic E-state index is 12.5. The van der Waals surface area contributed by atoms with Gasteiger partial charge in [0.15, 0.2) is 17.1 Å². The van der Waals surface area contributed by atoms with E-state index in [2.05, 4.69) is 47.8 Å². The summed E-state index contributed by atoms with van der Waals surface area (Å²) in [4.78, 5) is 23.5. The molecule has 6 rings (SSSR count). The van der Waals surface area contributed by atoms with Gasteiger partial charge in [-0.25, -0.2) is 14.8 Å². The fourth-order valence-electron chi connectivity index (χ4n) is 4.75. The van der Waals surface area contributed by atoms with E-state index >= 15 is 0 Å². The summed E-state index contributed by atoms with van der Waals surface area (Å²) in [5.74, 6) is 1.66. The number of urea groups is 1.